The second kappa shape index (κ2) is 11.9. The molecule has 3 aliphatic heterocycles. The Balaban J connectivity index is 1.40. The van der Waals surface area contributed by atoms with Crippen LogP contribution in [0.3, 0.4) is 0 Å². The van der Waals surface area contributed by atoms with Gasteiger partial charge in [0.15, 0.2) is 0 Å². The second-order valence-electron chi connectivity index (χ2n) is 11.6. The van der Waals surface area contributed by atoms with E-state index in [9.17, 15) is 19.5 Å². The number of nitrogens with zero attached hydrogens (tertiary/aromatic N) is 6. The number of carbonyl (C=O) groups is 3. The first-order valence-corrected chi connectivity index (χ1v) is 15.6. The molecule has 1 aromatic heterocycles. The molecule has 7 atom stereocenters. The summed E-state index contributed by atoms with van der Waals surface area (Å²) in [5.74, 6) is -2.78. The fourth-order valence-electron chi connectivity index (χ4n) is 7.16. The number of benzene rings is 2. The summed E-state index contributed by atoms with van der Waals surface area (Å²) in [5, 5.41) is 18.7. The van der Waals surface area contributed by atoms with Gasteiger partial charge in [-0.05, 0) is 37.6 Å². The molecule has 0 saturated carbocycles. The van der Waals surface area contributed by atoms with Crippen LogP contribution in [0.2, 0.25) is 0 Å². The smallest absolute Gasteiger partial charge is 0.250 e. The van der Waals surface area contributed by atoms with Crippen LogP contribution >= 0.6 is 15.9 Å². The van der Waals surface area contributed by atoms with Crippen molar-refractivity contribution < 1.29 is 24.2 Å². The quantitative estimate of drug-likeness (QED) is 0.248. The predicted octanol–water partition coefficient (Wildman–Crippen LogP) is 2.75. The average molecular weight is 664 g/mol. The lowest BCUT2D eigenvalue weighted by molar-refractivity contribution is -0.151. The Hall–Kier alpha value is -3.87. The van der Waals surface area contributed by atoms with Crippen molar-refractivity contribution in [3.05, 3.63) is 79.9 Å². The molecule has 3 amide bonds. The number of para-hydroxylation sites is 2. The molecule has 3 fully saturated rings. The Kier molecular flexibility index (Phi) is 8.16. The van der Waals surface area contributed by atoms with Crippen LogP contribution in [0, 0.1) is 11.8 Å². The van der Waals surface area contributed by atoms with Gasteiger partial charge in [-0.3, -0.25) is 14.4 Å². The molecule has 1 spiro atoms. The molecule has 3 aromatic rings. The highest BCUT2D eigenvalue weighted by Gasteiger charge is 2.77. The molecule has 44 heavy (non-hydrogen) atoms. The molecule has 3 aliphatic rings. The van der Waals surface area contributed by atoms with E-state index in [2.05, 4.69) is 39.4 Å². The zero-order valence-corrected chi connectivity index (χ0v) is 26.0. The number of likely N-dealkylation sites (tertiary alicyclic amines) is 1. The van der Waals surface area contributed by atoms with Gasteiger partial charge in [0.2, 0.25) is 17.7 Å². The number of aromatic nitrogens is 3. The van der Waals surface area contributed by atoms with Crippen LogP contribution in [0.1, 0.15) is 13.3 Å². The van der Waals surface area contributed by atoms with E-state index in [0.29, 0.717) is 17.6 Å². The van der Waals surface area contributed by atoms with Crippen molar-refractivity contribution >= 4 is 50.4 Å². The summed E-state index contributed by atoms with van der Waals surface area (Å²) >= 11 is 3.74. The third-order valence-corrected chi connectivity index (χ3v) is 9.86. The van der Waals surface area contributed by atoms with Gasteiger partial charge in [0.05, 0.1) is 36.1 Å². The highest BCUT2D eigenvalue weighted by molar-refractivity contribution is 9.09. The molecule has 11 nitrogen and oxygen atoms in total. The SMILES string of the molecule is C=CCN(Cn1nnc2ccccc21)C(=O)C1N([C@H](C)CO)C(=O)[C@@H]2[C@H](C(=O)N(CC=C)c3ccccc3)[C@H]3OC12CC3Br. The number of carbonyl (C=O) groups excluding carboxylic acids is 3. The molecular formula is C32H35BrN6O5. The normalized spacial score (nSPS) is 27.8. The molecule has 12 heteroatoms. The summed E-state index contributed by atoms with van der Waals surface area (Å²) in [6, 6.07) is 14.9. The summed E-state index contributed by atoms with van der Waals surface area (Å²) in [4.78, 5) is 47.8. The van der Waals surface area contributed by atoms with Gasteiger partial charge in [-0.1, -0.05) is 63.6 Å². The summed E-state index contributed by atoms with van der Waals surface area (Å²) in [6.45, 7) is 9.50. The van der Waals surface area contributed by atoms with Crippen LogP contribution in [-0.4, -0.2) is 95.9 Å². The Morgan fingerprint density at radius 3 is 2.55 bits per heavy atom. The number of alkyl halides is 1. The fourth-order valence-corrected chi connectivity index (χ4v) is 8.10. The van der Waals surface area contributed by atoms with E-state index in [0.717, 1.165) is 5.52 Å². The highest BCUT2D eigenvalue weighted by atomic mass is 79.9. The lowest BCUT2D eigenvalue weighted by Crippen LogP contribution is -2.58. The Bertz CT molecular complexity index is 1600. The van der Waals surface area contributed by atoms with Crippen molar-refractivity contribution in [2.75, 3.05) is 24.6 Å². The van der Waals surface area contributed by atoms with Crippen LogP contribution in [0.5, 0.6) is 0 Å². The summed E-state index contributed by atoms with van der Waals surface area (Å²) < 4.78 is 8.31. The van der Waals surface area contributed by atoms with Crippen molar-refractivity contribution in [2.24, 2.45) is 11.8 Å². The maximum atomic E-state index is 14.7. The van der Waals surface area contributed by atoms with Crippen LogP contribution in [-0.2, 0) is 25.8 Å². The monoisotopic (exact) mass is 662 g/mol. The van der Waals surface area contributed by atoms with E-state index in [4.69, 9.17) is 4.74 Å². The van der Waals surface area contributed by atoms with Crippen molar-refractivity contribution in [3.8, 4) is 0 Å². The lowest BCUT2D eigenvalue weighted by Gasteiger charge is -2.38. The van der Waals surface area contributed by atoms with E-state index in [1.807, 2.05) is 54.6 Å². The largest absolute Gasteiger partial charge is 0.394 e. The van der Waals surface area contributed by atoms with E-state index >= 15 is 0 Å². The number of ether oxygens (including phenoxy) is 1. The first-order chi connectivity index (χ1) is 21.3. The van der Waals surface area contributed by atoms with Crippen LogP contribution in [0.4, 0.5) is 5.69 Å². The molecule has 4 heterocycles. The van der Waals surface area contributed by atoms with Gasteiger partial charge in [0, 0.05) is 23.6 Å². The third-order valence-electron chi connectivity index (χ3n) is 9.02. The third kappa shape index (κ3) is 4.67. The van der Waals surface area contributed by atoms with E-state index in [1.54, 1.807) is 33.6 Å². The van der Waals surface area contributed by atoms with Gasteiger partial charge >= 0.3 is 0 Å². The number of hydrogen-bond donors (Lipinski definition) is 1. The molecule has 0 radical (unpaired) electrons. The molecular weight excluding hydrogens is 628 g/mol. The van der Waals surface area contributed by atoms with E-state index in [1.165, 1.54) is 4.90 Å². The summed E-state index contributed by atoms with van der Waals surface area (Å²) in [5.41, 5.74) is 0.835. The minimum atomic E-state index is -1.28. The van der Waals surface area contributed by atoms with Crippen molar-refractivity contribution in [1.82, 2.24) is 24.8 Å². The predicted molar refractivity (Wildman–Crippen MR) is 168 cm³/mol. The molecule has 0 aliphatic carbocycles. The molecule has 3 unspecified atom stereocenters. The molecule has 1 N–H and O–H groups in total. The number of anilines is 1. The van der Waals surface area contributed by atoms with E-state index in [-0.39, 0.29) is 48.9 Å². The van der Waals surface area contributed by atoms with Gasteiger partial charge in [0.1, 0.15) is 23.8 Å². The second-order valence-corrected chi connectivity index (χ2v) is 12.8. The fraction of sp³-hybridized carbons (Fsp3) is 0.406. The maximum Gasteiger partial charge on any atom is 0.250 e. The highest BCUT2D eigenvalue weighted by Crippen LogP contribution is 2.61. The molecule has 3 saturated heterocycles. The number of rotatable bonds is 11. The topological polar surface area (TPSA) is 121 Å². The summed E-state index contributed by atoms with van der Waals surface area (Å²) in [7, 11) is 0. The Morgan fingerprint density at radius 1 is 1.14 bits per heavy atom. The molecule has 6 rings (SSSR count). The molecule has 230 valence electrons. The maximum absolute atomic E-state index is 14.7. The first-order valence-electron chi connectivity index (χ1n) is 14.7. The van der Waals surface area contributed by atoms with Gasteiger partial charge in [-0.25, -0.2) is 4.68 Å². The molecule has 2 bridgehead atoms. The van der Waals surface area contributed by atoms with Crippen molar-refractivity contribution in [2.45, 2.75) is 48.6 Å². The van der Waals surface area contributed by atoms with Gasteiger partial charge in [-0.2, -0.15) is 0 Å². The number of amides is 3. The van der Waals surface area contributed by atoms with Gasteiger partial charge in [0.25, 0.3) is 0 Å². The van der Waals surface area contributed by atoms with Crippen LogP contribution in [0.25, 0.3) is 11.0 Å². The summed E-state index contributed by atoms with van der Waals surface area (Å²) in [6.07, 6.45) is 2.98. The average Bonchev–Trinajstić information content (AvgIpc) is 3.76. The number of aliphatic hydroxyl groups is 1. The van der Waals surface area contributed by atoms with Crippen molar-refractivity contribution in [1.29, 1.82) is 0 Å². The minimum absolute atomic E-state index is 0.0583. The number of fused-ring (bicyclic) bond motifs is 2. The van der Waals surface area contributed by atoms with Gasteiger partial charge in [-0.15, -0.1) is 18.3 Å². The van der Waals surface area contributed by atoms with Gasteiger partial charge < -0.3 is 24.5 Å². The zero-order chi connectivity index (χ0) is 31.2. The van der Waals surface area contributed by atoms with E-state index < -0.39 is 35.6 Å². The number of aliphatic hydroxyl groups excluding tert-OH is 1. The molecule has 2 aromatic carbocycles. The van der Waals surface area contributed by atoms with Crippen LogP contribution in [0.15, 0.2) is 79.9 Å². The Labute approximate surface area is 263 Å². The first kappa shape index (κ1) is 30.2. The zero-order valence-electron chi connectivity index (χ0n) is 24.4. The number of hydrogen-bond acceptors (Lipinski definition) is 7. The minimum Gasteiger partial charge on any atom is -0.394 e. The standard InChI is InChI=1S/C32H35BrN6O5/c1-4-15-36(19-38-24-14-10-9-13-23(24)34-35-38)31(43)28-32-17-22(33)27(44-32)25(26(32)30(42)39(28)20(3)18-40)29(41)37(16-5-2)21-11-7-6-8-12-21/h4-14,20,22,25-28,40H,1-2,15-19H2,3H3/t20-,22?,25+,26+,27+,28?,32?/m1/s1. The number of halogens is 1. The van der Waals surface area contributed by atoms with Crippen LogP contribution < -0.4 is 4.90 Å². The lowest BCUT2D eigenvalue weighted by atomic mass is 9.70. The Morgan fingerprint density at radius 2 is 1.84 bits per heavy atom. The van der Waals surface area contributed by atoms with Crippen molar-refractivity contribution in [3.63, 3.8) is 0 Å².